The van der Waals surface area contributed by atoms with Gasteiger partial charge in [0.2, 0.25) is 0 Å². The number of rotatable bonds is 7. The van der Waals surface area contributed by atoms with Crippen molar-refractivity contribution in [3.05, 3.63) is 0 Å². The molecule has 2 unspecified atom stereocenters. The molecule has 6 heteroatoms. The third kappa shape index (κ3) is 4.84. The van der Waals surface area contributed by atoms with Crippen molar-refractivity contribution in [3.63, 3.8) is 0 Å². The smallest absolute Gasteiger partial charge is 0.154 e. The van der Waals surface area contributed by atoms with Crippen molar-refractivity contribution in [2.45, 2.75) is 25.4 Å². The van der Waals surface area contributed by atoms with Crippen LogP contribution in [0.2, 0.25) is 0 Å². The van der Waals surface area contributed by atoms with E-state index in [0.717, 1.165) is 39.0 Å². The van der Waals surface area contributed by atoms with Gasteiger partial charge in [-0.2, -0.15) is 0 Å². The van der Waals surface area contributed by atoms with Crippen LogP contribution in [0, 0.1) is 5.92 Å². The summed E-state index contributed by atoms with van der Waals surface area (Å²) in [5.41, 5.74) is 0. The average Bonchev–Trinajstić information content (AvgIpc) is 2.96. The minimum absolute atomic E-state index is 0.0711. The maximum Gasteiger partial charge on any atom is 0.154 e. The monoisotopic (exact) mass is 277 g/mol. The molecule has 1 N–H and O–H groups in total. The highest BCUT2D eigenvalue weighted by Gasteiger charge is 2.23. The first kappa shape index (κ1) is 14.2. The second-order valence-corrected chi connectivity index (χ2v) is 7.41. The standard InChI is InChI=1S/C12H23NO4S/c14-18(15,10-12-2-1-5-17-12)7-4-13-8-11-3-6-16-9-11/h11-13H,1-10H2. The van der Waals surface area contributed by atoms with Gasteiger partial charge in [-0.25, -0.2) is 8.42 Å². The average molecular weight is 277 g/mol. The highest BCUT2D eigenvalue weighted by Crippen LogP contribution is 2.14. The van der Waals surface area contributed by atoms with E-state index in [1.54, 1.807) is 0 Å². The lowest BCUT2D eigenvalue weighted by Gasteiger charge is -2.12. The lowest BCUT2D eigenvalue weighted by Crippen LogP contribution is -2.31. The first-order valence-corrected chi connectivity index (χ1v) is 8.58. The normalized spacial score (nSPS) is 28.9. The molecule has 2 aliphatic heterocycles. The highest BCUT2D eigenvalue weighted by molar-refractivity contribution is 7.91. The van der Waals surface area contributed by atoms with Crippen molar-refractivity contribution in [2.24, 2.45) is 5.92 Å². The molecule has 2 aliphatic rings. The molecule has 0 bridgehead atoms. The Labute approximate surface area is 109 Å². The highest BCUT2D eigenvalue weighted by atomic mass is 32.2. The lowest BCUT2D eigenvalue weighted by atomic mass is 10.1. The molecule has 18 heavy (non-hydrogen) atoms. The Hall–Kier alpha value is -0.170. The predicted molar refractivity (Wildman–Crippen MR) is 69.4 cm³/mol. The predicted octanol–water partition coefficient (Wildman–Crippen LogP) is 0.206. The van der Waals surface area contributed by atoms with Crippen molar-refractivity contribution in [1.82, 2.24) is 5.32 Å². The molecule has 2 heterocycles. The van der Waals surface area contributed by atoms with Crippen LogP contribution >= 0.6 is 0 Å². The molecule has 0 saturated carbocycles. The number of nitrogens with one attached hydrogen (secondary N) is 1. The molecule has 2 rings (SSSR count). The van der Waals surface area contributed by atoms with Crippen molar-refractivity contribution >= 4 is 9.84 Å². The Kier molecular flexibility index (Phi) is 5.41. The fourth-order valence-electron chi connectivity index (χ4n) is 2.42. The van der Waals surface area contributed by atoms with Gasteiger partial charge in [0.15, 0.2) is 9.84 Å². The fourth-order valence-corrected chi connectivity index (χ4v) is 3.87. The summed E-state index contributed by atoms with van der Waals surface area (Å²) in [6.45, 7) is 3.74. The molecule has 2 saturated heterocycles. The van der Waals surface area contributed by atoms with Crippen LogP contribution in [-0.4, -0.2) is 58.9 Å². The van der Waals surface area contributed by atoms with Crippen LogP contribution in [0.1, 0.15) is 19.3 Å². The van der Waals surface area contributed by atoms with Crippen LogP contribution < -0.4 is 5.32 Å². The van der Waals surface area contributed by atoms with Gasteiger partial charge in [-0.15, -0.1) is 0 Å². The van der Waals surface area contributed by atoms with E-state index in [0.29, 0.717) is 19.1 Å². The topological polar surface area (TPSA) is 64.6 Å². The third-order valence-corrected chi connectivity index (χ3v) is 5.22. The molecular formula is C12H23NO4S. The zero-order valence-corrected chi connectivity index (χ0v) is 11.6. The molecule has 0 aromatic carbocycles. The summed E-state index contributed by atoms with van der Waals surface area (Å²) < 4.78 is 34.3. The van der Waals surface area contributed by atoms with E-state index < -0.39 is 9.84 Å². The van der Waals surface area contributed by atoms with E-state index in [1.165, 1.54) is 0 Å². The van der Waals surface area contributed by atoms with Crippen LogP contribution in [0.25, 0.3) is 0 Å². The Morgan fingerprint density at radius 1 is 1.22 bits per heavy atom. The van der Waals surface area contributed by atoms with Crippen molar-refractivity contribution in [1.29, 1.82) is 0 Å². The number of sulfone groups is 1. The summed E-state index contributed by atoms with van der Waals surface area (Å²) in [5.74, 6) is 0.938. The molecule has 0 spiro atoms. The second-order valence-electron chi connectivity index (χ2n) is 5.18. The van der Waals surface area contributed by atoms with Crippen LogP contribution in [0.15, 0.2) is 0 Å². The van der Waals surface area contributed by atoms with Crippen molar-refractivity contribution < 1.29 is 17.9 Å². The summed E-state index contributed by atoms with van der Waals surface area (Å²) in [6.07, 6.45) is 2.88. The van der Waals surface area contributed by atoms with E-state index in [-0.39, 0.29) is 17.6 Å². The molecule has 0 aromatic rings. The second kappa shape index (κ2) is 6.84. The van der Waals surface area contributed by atoms with E-state index in [1.807, 2.05) is 0 Å². The number of ether oxygens (including phenoxy) is 2. The Morgan fingerprint density at radius 2 is 2.11 bits per heavy atom. The number of hydrogen-bond acceptors (Lipinski definition) is 5. The third-order valence-electron chi connectivity index (χ3n) is 3.51. The minimum atomic E-state index is -2.98. The van der Waals surface area contributed by atoms with Gasteiger partial charge in [-0.1, -0.05) is 0 Å². The van der Waals surface area contributed by atoms with Gasteiger partial charge in [0, 0.05) is 26.3 Å². The molecule has 0 aliphatic carbocycles. The summed E-state index contributed by atoms with van der Waals surface area (Å²) in [5, 5.41) is 3.21. The van der Waals surface area contributed by atoms with Gasteiger partial charge in [0.25, 0.3) is 0 Å². The summed E-state index contributed by atoms with van der Waals surface area (Å²) in [7, 11) is -2.98. The van der Waals surface area contributed by atoms with E-state index >= 15 is 0 Å². The molecule has 0 radical (unpaired) electrons. The van der Waals surface area contributed by atoms with Crippen molar-refractivity contribution in [3.8, 4) is 0 Å². The molecular weight excluding hydrogens is 254 g/mol. The van der Waals surface area contributed by atoms with Gasteiger partial charge in [-0.05, 0) is 25.2 Å². The van der Waals surface area contributed by atoms with Gasteiger partial charge in [-0.3, -0.25) is 0 Å². The Balaban J connectivity index is 1.59. The van der Waals surface area contributed by atoms with Crippen LogP contribution in [-0.2, 0) is 19.3 Å². The molecule has 2 fully saturated rings. The van der Waals surface area contributed by atoms with Gasteiger partial charge in [0.1, 0.15) is 0 Å². The maximum absolute atomic E-state index is 11.8. The zero-order valence-electron chi connectivity index (χ0n) is 10.8. The van der Waals surface area contributed by atoms with Crippen LogP contribution in [0.3, 0.4) is 0 Å². The first-order chi connectivity index (χ1) is 8.66. The summed E-state index contributed by atoms with van der Waals surface area (Å²) in [6, 6.07) is 0. The molecule has 0 aromatic heterocycles. The minimum Gasteiger partial charge on any atom is -0.381 e. The van der Waals surface area contributed by atoms with E-state index in [2.05, 4.69) is 5.32 Å². The molecule has 5 nitrogen and oxygen atoms in total. The molecule has 0 amide bonds. The molecule has 106 valence electrons. The van der Waals surface area contributed by atoms with Gasteiger partial charge in [0.05, 0.1) is 24.2 Å². The SMILES string of the molecule is O=S(=O)(CCNCC1CCOC1)CC1CCCO1. The summed E-state index contributed by atoms with van der Waals surface area (Å²) in [4.78, 5) is 0. The van der Waals surface area contributed by atoms with Crippen molar-refractivity contribution in [2.75, 3.05) is 44.4 Å². The largest absolute Gasteiger partial charge is 0.381 e. The quantitative estimate of drug-likeness (QED) is 0.674. The van der Waals surface area contributed by atoms with E-state index in [4.69, 9.17) is 9.47 Å². The fraction of sp³-hybridized carbons (Fsp3) is 1.00. The van der Waals surface area contributed by atoms with Gasteiger partial charge >= 0.3 is 0 Å². The molecule has 2 atom stereocenters. The maximum atomic E-state index is 11.8. The van der Waals surface area contributed by atoms with E-state index in [9.17, 15) is 8.42 Å². The first-order valence-electron chi connectivity index (χ1n) is 6.76. The van der Waals surface area contributed by atoms with Crippen LogP contribution in [0.5, 0.6) is 0 Å². The zero-order chi connectivity index (χ0) is 12.8. The lowest BCUT2D eigenvalue weighted by molar-refractivity contribution is 0.127. The summed E-state index contributed by atoms with van der Waals surface area (Å²) >= 11 is 0. The Bertz CT molecular complexity index is 332. The Morgan fingerprint density at radius 3 is 2.78 bits per heavy atom. The number of hydrogen-bond donors (Lipinski definition) is 1. The van der Waals surface area contributed by atoms with Gasteiger partial charge < -0.3 is 14.8 Å². The van der Waals surface area contributed by atoms with Crippen LogP contribution in [0.4, 0.5) is 0 Å².